The molecule has 1 aliphatic rings. The van der Waals surface area contributed by atoms with E-state index in [1.807, 2.05) is 6.07 Å². The molecule has 3 N–H and O–H groups in total. The lowest BCUT2D eigenvalue weighted by molar-refractivity contribution is -0.122. The van der Waals surface area contributed by atoms with Crippen LogP contribution in [0.4, 0.5) is 22.7 Å². The van der Waals surface area contributed by atoms with Gasteiger partial charge < -0.3 is 30.3 Å². The minimum atomic E-state index is -0.592. The molecule has 3 aromatic carbocycles. The van der Waals surface area contributed by atoms with Gasteiger partial charge in [-0.15, -0.1) is 0 Å². The molecular weight excluding hydrogens is 488 g/mol. The Bertz CT molecular complexity index is 1360. The molecule has 1 aliphatic heterocycles. The third kappa shape index (κ3) is 5.92. The minimum Gasteiger partial charge on any atom is -0.494 e. The van der Waals surface area contributed by atoms with Crippen LogP contribution in [-0.2, 0) is 14.4 Å². The molecule has 38 heavy (non-hydrogen) atoms. The van der Waals surface area contributed by atoms with Crippen LogP contribution in [0.1, 0.15) is 23.7 Å². The first-order chi connectivity index (χ1) is 18.3. The van der Waals surface area contributed by atoms with E-state index in [0.29, 0.717) is 39.8 Å². The summed E-state index contributed by atoms with van der Waals surface area (Å²) in [5.41, 5.74) is 2.45. The lowest BCUT2D eigenvalue weighted by atomic mass is 10.1. The van der Waals surface area contributed by atoms with E-state index in [0.717, 1.165) is 0 Å². The van der Waals surface area contributed by atoms with Gasteiger partial charge in [-0.2, -0.15) is 0 Å². The first-order valence-corrected chi connectivity index (χ1v) is 11.9. The molecule has 1 unspecified atom stereocenters. The Morgan fingerprint density at radius 3 is 2.03 bits per heavy atom. The number of anilines is 4. The molecule has 10 nitrogen and oxygen atoms in total. The zero-order valence-electron chi connectivity index (χ0n) is 21.2. The van der Waals surface area contributed by atoms with E-state index in [9.17, 15) is 19.2 Å². The van der Waals surface area contributed by atoms with Crippen molar-refractivity contribution in [1.29, 1.82) is 0 Å². The number of nitrogens with one attached hydrogen (secondary N) is 3. The summed E-state index contributed by atoms with van der Waals surface area (Å²) in [6, 6.07) is 18.7. The van der Waals surface area contributed by atoms with Gasteiger partial charge in [0.1, 0.15) is 11.5 Å². The van der Waals surface area contributed by atoms with Crippen LogP contribution in [0.2, 0.25) is 0 Å². The third-order valence-corrected chi connectivity index (χ3v) is 6.06. The Morgan fingerprint density at radius 2 is 1.45 bits per heavy atom. The van der Waals surface area contributed by atoms with Gasteiger partial charge >= 0.3 is 0 Å². The van der Waals surface area contributed by atoms with Gasteiger partial charge in [-0.1, -0.05) is 18.2 Å². The highest BCUT2D eigenvalue weighted by Crippen LogP contribution is 2.37. The van der Waals surface area contributed by atoms with Crippen molar-refractivity contribution in [3.05, 3.63) is 72.3 Å². The maximum atomic E-state index is 13.1. The molecule has 1 heterocycles. The van der Waals surface area contributed by atoms with E-state index in [1.165, 1.54) is 21.1 Å². The molecule has 0 bridgehead atoms. The van der Waals surface area contributed by atoms with Crippen LogP contribution in [0.3, 0.4) is 0 Å². The maximum Gasteiger partial charge on any atom is 0.255 e. The van der Waals surface area contributed by atoms with E-state index in [-0.39, 0.29) is 36.6 Å². The van der Waals surface area contributed by atoms with Gasteiger partial charge in [0.2, 0.25) is 17.7 Å². The topological polar surface area (TPSA) is 126 Å². The highest BCUT2D eigenvalue weighted by molar-refractivity contribution is 6.06. The Morgan fingerprint density at radius 1 is 0.842 bits per heavy atom. The Balaban J connectivity index is 1.47. The van der Waals surface area contributed by atoms with Crippen molar-refractivity contribution in [3.8, 4) is 11.5 Å². The molecule has 0 saturated carbocycles. The van der Waals surface area contributed by atoms with Gasteiger partial charge in [-0.05, 0) is 36.4 Å². The summed E-state index contributed by atoms with van der Waals surface area (Å²) in [5.74, 6) is -0.988. The highest BCUT2D eigenvalue weighted by atomic mass is 16.5. The number of carbonyl (C=O) groups is 4. The number of benzene rings is 3. The van der Waals surface area contributed by atoms with Gasteiger partial charge in [-0.25, -0.2) is 0 Å². The fourth-order valence-corrected chi connectivity index (χ4v) is 4.17. The molecule has 4 amide bonds. The summed E-state index contributed by atoms with van der Waals surface area (Å²) in [6.07, 6.45) is 0.0456. The predicted octanol–water partition coefficient (Wildman–Crippen LogP) is 3.91. The molecule has 4 rings (SSSR count). The zero-order chi connectivity index (χ0) is 27.2. The average Bonchev–Trinajstić information content (AvgIpc) is 3.31. The first kappa shape index (κ1) is 26.2. The molecule has 1 fully saturated rings. The third-order valence-electron chi connectivity index (χ3n) is 6.06. The predicted molar refractivity (Wildman–Crippen MR) is 144 cm³/mol. The number of carbonyl (C=O) groups excluding carboxylic acids is 4. The van der Waals surface area contributed by atoms with Gasteiger partial charge in [0.25, 0.3) is 5.91 Å². The van der Waals surface area contributed by atoms with Crippen molar-refractivity contribution in [2.24, 2.45) is 5.92 Å². The van der Waals surface area contributed by atoms with Gasteiger partial charge in [-0.3, -0.25) is 19.2 Å². The zero-order valence-corrected chi connectivity index (χ0v) is 21.2. The summed E-state index contributed by atoms with van der Waals surface area (Å²) in [7, 11) is 2.90. The lowest BCUT2D eigenvalue weighted by Crippen LogP contribution is -2.28. The van der Waals surface area contributed by atoms with Crippen LogP contribution in [0.5, 0.6) is 11.5 Å². The molecule has 196 valence electrons. The fourth-order valence-electron chi connectivity index (χ4n) is 4.17. The Hall–Kier alpha value is -4.86. The molecular formula is C28H28N4O6. The number of hydrogen-bond acceptors (Lipinski definition) is 6. The second-order valence-corrected chi connectivity index (χ2v) is 8.70. The minimum absolute atomic E-state index is 0.0456. The van der Waals surface area contributed by atoms with Gasteiger partial charge in [0.05, 0.1) is 31.5 Å². The normalized spacial score (nSPS) is 14.6. The SMILES string of the molecule is COc1cc(NC(=O)C2CC(=O)N(c3ccc(NC(C)=O)cc3)C2)c(OC)cc1NC(=O)c1ccccc1. The number of rotatable bonds is 8. The fraction of sp³-hybridized carbons (Fsp3) is 0.214. The van der Waals surface area contributed by atoms with E-state index in [4.69, 9.17) is 9.47 Å². The number of methoxy groups -OCH3 is 2. The Labute approximate surface area is 219 Å². The van der Waals surface area contributed by atoms with Crippen LogP contribution >= 0.6 is 0 Å². The molecule has 0 aromatic heterocycles. The monoisotopic (exact) mass is 516 g/mol. The van der Waals surface area contributed by atoms with E-state index in [1.54, 1.807) is 65.6 Å². The Kier molecular flexibility index (Phi) is 7.91. The van der Waals surface area contributed by atoms with Crippen LogP contribution in [0.25, 0.3) is 0 Å². The van der Waals surface area contributed by atoms with Crippen LogP contribution < -0.4 is 30.3 Å². The number of nitrogens with zero attached hydrogens (tertiary/aromatic N) is 1. The van der Waals surface area contributed by atoms with Crippen molar-refractivity contribution in [3.63, 3.8) is 0 Å². The van der Waals surface area contributed by atoms with Crippen LogP contribution in [0, 0.1) is 5.92 Å². The summed E-state index contributed by atoms with van der Waals surface area (Å²) in [5, 5.41) is 8.31. The molecule has 1 atom stereocenters. The second kappa shape index (κ2) is 11.5. The quantitative estimate of drug-likeness (QED) is 0.417. The van der Waals surface area contributed by atoms with E-state index < -0.39 is 5.92 Å². The van der Waals surface area contributed by atoms with Crippen molar-refractivity contribution in [2.45, 2.75) is 13.3 Å². The smallest absolute Gasteiger partial charge is 0.255 e. The first-order valence-electron chi connectivity index (χ1n) is 11.9. The summed E-state index contributed by atoms with van der Waals surface area (Å²) in [4.78, 5) is 51.2. The largest absolute Gasteiger partial charge is 0.494 e. The van der Waals surface area contributed by atoms with E-state index >= 15 is 0 Å². The molecule has 0 radical (unpaired) electrons. The van der Waals surface area contributed by atoms with Crippen molar-refractivity contribution in [1.82, 2.24) is 0 Å². The molecule has 10 heteroatoms. The van der Waals surface area contributed by atoms with Crippen molar-refractivity contribution in [2.75, 3.05) is 41.6 Å². The van der Waals surface area contributed by atoms with Crippen LogP contribution in [0.15, 0.2) is 66.7 Å². The van der Waals surface area contributed by atoms with Crippen molar-refractivity contribution < 1.29 is 28.7 Å². The summed E-state index contributed by atoms with van der Waals surface area (Å²) < 4.78 is 10.9. The maximum absolute atomic E-state index is 13.1. The second-order valence-electron chi connectivity index (χ2n) is 8.70. The molecule has 3 aromatic rings. The standard InChI is InChI=1S/C28H28N4O6/c1-17(33)29-20-9-11-21(12-10-20)32-16-19(13-26(32)34)28(36)31-23-15-24(37-2)22(14-25(23)38-3)30-27(35)18-7-5-4-6-8-18/h4-12,14-15,19H,13,16H2,1-3H3,(H,29,33)(H,30,35)(H,31,36). The van der Waals surface area contributed by atoms with Crippen molar-refractivity contribution >= 4 is 46.4 Å². The molecule has 0 spiro atoms. The van der Waals surface area contributed by atoms with Gasteiger partial charge in [0, 0.05) is 49.0 Å². The van der Waals surface area contributed by atoms with Gasteiger partial charge in [0.15, 0.2) is 0 Å². The van der Waals surface area contributed by atoms with Crippen LogP contribution in [-0.4, -0.2) is 44.4 Å². The molecule has 1 saturated heterocycles. The molecule has 0 aliphatic carbocycles. The summed E-state index contributed by atoms with van der Waals surface area (Å²) >= 11 is 0. The van der Waals surface area contributed by atoms with E-state index in [2.05, 4.69) is 16.0 Å². The number of ether oxygens (including phenoxy) is 2. The summed E-state index contributed by atoms with van der Waals surface area (Å²) in [6.45, 7) is 1.62. The number of amides is 4. The number of hydrogen-bond donors (Lipinski definition) is 3. The lowest BCUT2D eigenvalue weighted by Gasteiger charge is -2.19. The highest BCUT2D eigenvalue weighted by Gasteiger charge is 2.35. The average molecular weight is 517 g/mol.